The average molecular weight is 268 g/mol. The van der Waals surface area contributed by atoms with Crippen LogP contribution < -0.4 is 10.6 Å². The van der Waals surface area contributed by atoms with Gasteiger partial charge < -0.3 is 15.5 Å². The molecule has 0 fully saturated rings. The molecule has 18 heavy (non-hydrogen) atoms. The Balaban J connectivity index is 2.40. The van der Waals surface area contributed by atoms with Gasteiger partial charge in [0.15, 0.2) is 5.96 Å². The van der Waals surface area contributed by atoms with E-state index in [2.05, 4.69) is 34.0 Å². The molecule has 1 aromatic rings. The van der Waals surface area contributed by atoms with Crippen LogP contribution >= 0.6 is 11.3 Å². The predicted octanol–water partition coefficient (Wildman–Crippen LogP) is 0.810. The molecule has 0 radical (unpaired) electrons. The highest BCUT2D eigenvalue weighted by Crippen LogP contribution is 2.14. The van der Waals surface area contributed by atoms with E-state index in [1.807, 2.05) is 0 Å². The van der Waals surface area contributed by atoms with Crippen molar-refractivity contribution in [3.05, 3.63) is 21.9 Å². The van der Waals surface area contributed by atoms with E-state index in [4.69, 9.17) is 0 Å². The summed E-state index contributed by atoms with van der Waals surface area (Å²) in [6, 6.07) is 2.09. The number of carbonyl (C=O) groups is 1. The Bertz CT molecular complexity index is 425. The summed E-state index contributed by atoms with van der Waals surface area (Å²) in [4.78, 5) is 18.3. The number of amides is 1. The molecular weight excluding hydrogens is 248 g/mol. The van der Waals surface area contributed by atoms with E-state index < -0.39 is 0 Å². The molecule has 0 aliphatic carbocycles. The van der Waals surface area contributed by atoms with Gasteiger partial charge in [0, 0.05) is 26.0 Å². The number of nitrogens with one attached hydrogen (secondary N) is 2. The first-order chi connectivity index (χ1) is 8.54. The zero-order valence-electron chi connectivity index (χ0n) is 11.3. The summed E-state index contributed by atoms with van der Waals surface area (Å²) >= 11 is 1.71. The van der Waals surface area contributed by atoms with Crippen LogP contribution in [0.1, 0.15) is 10.4 Å². The Morgan fingerprint density at radius 2 is 2.17 bits per heavy atom. The smallest absolute Gasteiger partial charge is 0.241 e. The molecule has 1 rings (SSSR count). The maximum Gasteiger partial charge on any atom is 0.241 e. The molecule has 5 nitrogen and oxygen atoms in total. The Kier molecular flexibility index (Phi) is 5.64. The molecule has 100 valence electrons. The molecule has 6 heteroatoms. The van der Waals surface area contributed by atoms with Crippen molar-refractivity contribution in [2.45, 2.75) is 13.5 Å². The van der Waals surface area contributed by atoms with Gasteiger partial charge in [-0.15, -0.1) is 11.3 Å². The molecule has 0 unspecified atom stereocenters. The lowest BCUT2D eigenvalue weighted by molar-refractivity contribution is -0.127. The van der Waals surface area contributed by atoms with E-state index in [1.54, 1.807) is 37.4 Å². The van der Waals surface area contributed by atoms with Gasteiger partial charge in [0.25, 0.3) is 0 Å². The molecule has 1 aromatic heterocycles. The zero-order chi connectivity index (χ0) is 13.5. The molecule has 0 spiro atoms. The second kappa shape index (κ2) is 7.00. The van der Waals surface area contributed by atoms with Crippen molar-refractivity contribution in [3.8, 4) is 0 Å². The number of aryl methyl sites for hydroxylation is 1. The first-order valence-corrected chi connectivity index (χ1v) is 6.60. The number of nitrogens with zero attached hydrogens (tertiary/aromatic N) is 2. The summed E-state index contributed by atoms with van der Waals surface area (Å²) in [7, 11) is 5.15. The van der Waals surface area contributed by atoms with Crippen LogP contribution in [0.3, 0.4) is 0 Å². The molecular formula is C12H20N4OS. The highest BCUT2D eigenvalue weighted by Gasteiger charge is 2.06. The van der Waals surface area contributed by atoms with Crippen LogP contribution in [-0.2, 0) is 11.3 Å². The van der Waals surface area contributed by atoms with Crippen LogP contribution in [0.15, 0.2) is 16.4 Å². The normalized spacial score (nSPS) is 11.2. The number of guanidine groups is 1. The topological polar surface area (TPSA) is 56.7 Å². The van der Waals surface area contributed by atoms with Crippen molar-refractivity contribution >= 4 is 23.2 Å². The van der Waals surface area contributed by atoms with Crippen LogP contribution in [0.25, 0.3) is 0 Å². The van der Waals surface area contributed by atoms with Crippen molar-refractivity contribution < 1.29 is 4.79 Å². The molecule has 0 saturated carbocycles. The lowest BCUT2D eigenvalue weighted by Crippen LogP contribution is -2.42. The SMILES string of the molecule is CN=C(NCC(=O)N(C)C)NCc1sccc1C. The van der Waals surface area contributed by atoms with Gasteiger partial charge in [-0.05, 0) is 23.9 Å². The summed E-state index contributed by atoms with van der Waals surface area (Å²) in [5, 5.41) is 8.24. The average Bonchev–Trinajstić information content (AvgIpc) is 2.74. The number of aliphatic imine (C=N–C) groups is 1. The van der Waals surface area contributed by atoms with Crippen molar-refractivity contribution in [2.75, 3.05) is 27.7 Å². The third kappa shape index (κ3) is 4.37. The summed E-state index contributed by atoms with van der Waals surface area (Å²) in [5.41, 5.74) is 1.27. The van der Waals surface area contributed by atoms with E-state index in [-0.39, 0.29) is 12.5 Å². The van der Waals surface area contributed by atoms with E-state index in [9.17, 15) is 4.79 Å². The molecule has 0 aromatic carbocycles. The van der Waals surface area contributed by atoms with Crippen LogP contribution in [0.4, 0.5) is 0 Å². The minimum Gasteiger partial charge on any atom is -0.352 e. The van der Waals surface area contributed by atoms with Gasteiger partial charge in [0.05, 0.1) is 13.1 Å². The molecule has 1 amide bonds. The molecule has 0 atom stereocenters. The fourth-order valence-corrected chi connectivity index (χ4v) is 2.13. The number of hydrogen-bond donors (Lipinski definition) is 2. The summed E-state index contributed by atoms with van der Waals surface area (Å²) in [6.45, 7) is 3.05. The third-order valence-electron chi connectivity index (χ3n) is 2.51. The summed E-state index contributed by atoms with van der Waals surface area (Å²) in [6.07, 6.45) is 0. The fourth-order valence-electron chi connectivity index (χ4n) is 1.29. The van der Waals surface area contributed by atoms with E-state index >= 15 is 0 Å². The number of thiophene rings is 1. The number of carbonyl (C=O) groups excluding carboxylic acids is 1. The largest absolute Gasteiger partial charge is 0.352 e. The fraction of sp³-hybridized carbons (Fsp3) is 0.500. The van der Waals surface area contributed by atoms with E-state index in [0.717, 1.165) is 6.54 Å². The number of rotatable bonds is 4. The Hall–Kier alpha value is -1.56. The van der Waals surface area contributed by atoms with Crippen molar-refractivity contribution in [1.29, 1.82) is 0 Å². The van der Waals surface area contributed by atoms with Crippen LogP contribution in [0, 0.1) is 6.92 Å². The van der Waals surface area contributed by atoms with Gasteiger partial charge in [-0.25, -0.2) is 0 Å². The van der Waals surface area contributed by atoms with Gasteiger partial charge in [-0.1, -0.05) is 0 Å². The monoisotopic (exact) mass is 268 g/mol. The van der Waals surface area contributed by atoms with Gasteiger partial charge in [0.1, 0.15) is 0 Å². The highest BCUT2D eigenvalue weighted by molar-refractivity contribution is 7.10. The summed E-state index contributed by atoms with van der Waals surface area (Å²) < 4.78 is 0. The lowest BCUT2D eigenvalue weighted by atomic mass is 10.3. The third-order valence-corrected chi connectivity index (χ3v) is 3.54. The van der Waals surface area contributed by atoms with Crippen LogP contribution in [0.5, 0.6) is 0 Å². The van der Waals surface area contributed by atoms with Crippen molar-refractivity contribution in [2.24, 2.45) is 4.99 Å². The van der Waals surface area contributed by atoms with Gasteiger partial charge in [0.2, 0.25) is 5.91 Å². The van der Waals surface area contributed by atoms with E-state index in [0.29, 0.717) is 5.96 Å². The number of hydrogen-bond acceptors (Lipinski definition) is 3. The second-order valence-electron chi connectivity index (χ2n) is 4.09. The van der Waals surface area contributed by atoms with Crippen molar-refractivity contribution in [3.63, 3.8) is 0 Å². The summed E-state index contributed by atoms with van der Waals surface area (Å²) in [5.74, 6) is 0.656. The Morgan fingerprint density at radius 1 is 1.44 bits per heavy atom. The highest BCUT2D eigenvalue weighted by atomic mass is 32.1. The predicted molar refractivity (Wildman–Crippen MR) is 76.0 cm³/mol. The van der Waals surface area contributed by atoms with Gasteiger partial charge >= 0.3 is 0 Å². The standard InChI is InChI=1S/C12H20N4OS/c1-9-5-6-18-10(9)7-14-12(13-2)15-8-11(17)16(3)4/h5-6H,7-8H2,1-4H3,(H2,13,14,15). The first-order valence-electron chi connectivity index (χ1n) is 5.72. The molecule has 1 heterocycles. The van der Waals surface area contributed by atoms with Crippen LogP contribution in [0.2, 0.25) is 0 Å². The maximum atomic E-state index is 11.4. The second-order valence-corrected chi connectivity index (χ2v) is 5.09. The quantitative estimate of drug-likeness (QED) is 0.627. The van der Waals surface area contributed by atoms with Crippen molar-refractivity contribution in [1.82, 2.24) is 15.5 Å². The minimum atomic E-state index is 0.0188. The first kappa shape index (κ1) is 14.5. The minimum absolute atomic E-state index is 0.0188. The number of likely N-dealkylation sites (N-methyl/N-ethyl adjacent to an activating group) is 1. The maximum absolute atomic E-state index is 11.4. The lowest BCUT2D eigenvalue weighted by Gasteiger charge is -2.14. The van der Waals surface area contributed by atoms with Crippen LogP contribution in [-0.4, -0.2) is 44.5 Å². The van der Waals surface area contributed by atoms with Gasteiger partial charge in [-0.2, -0.15) is 0 Å². The molecule has 0 aliphatic rings. The molecule has 0 bridgehead atoms. The molecule has 2 N–H and O–H groups in total. The zero-order valence-corrected chi connectivity index (χ0v) is 12.1. The Morgan fingerprint density at radius 3 is 2.67 bits per heavy atom. The molecule has 0 saturated heterocycles. The van der Waals surface area contributed by atoms with E-state index in [1.165, 1.54) is 10.4 Å². The molecule has 0 aliphatic heterocycles. The Labute approximate surface area is 112 Å². The van der Waals surface area contributed by atoms with Gasteiger partial charge in [-0.3, -0.25) is 9.79 Å².